The Morgan fingerprint density at radius 1 is 1.43 bits per heavy atom. The second-order valence-corrected chi connectivity index (χ2v) is 5.02. The van der Waals surface area contributed by atoms with Gasteiger partial charge in [-0.2, -0.15) is 0 Å². The standard InChI is InChI=1S/C16H18N2O3/c1-2-7-21-12-5-3-4-11(9-12)15-17-14-6-8-20-10-13(14)16(19)18-15/h3-5,9H,2,6-8,10H2,1H3,(H,17,18,19). The van der Waals surface area contributed by atoms with Crippen molar-refractivity contribution in [3.8, 4) is 17.1 Å². The molecular formula is C16H18N2O3. The maximum Gasteiger partial charge on any atom is 0.256 e. The van der Waals surface area contributed by atoms with Crippen LogP contribution in [0.3, 0.4) is 0 Å². The van der Waals surface area contributed by atoms with Gasteiger partial charge in [-0.15, -0.1) is 0 Å². The molecule has 1 aromatic heterocycles. The summed E-state index contributed by atoms with van der Waals surface area (Å²) in [6.07, 6.45) is 1.64. The number of hydrogen-bond donors (Lipinski definition) is 1. The predicted molar refractivity (Wildman–Crippen MR) is 79.4 cm³/mol. The fourth-order valence-electron chi connectivity index (χ4n) is 2.33. The van der Waals surface area contributed by atoms with Crippen LogP contribution in [0.15, 0.2) is 29.1 Å². The van der Waals surface area contributed by atoms with Gasteiger partial charge in [-0.05, 0) is 18.6 Å². The van der Waals surface area contributed by atoms with Crippen molar-refractivity contribution in [3.63, 3.8) is 0 Å². The van der Waals surface area contributed by atoms with E-state index >= 15 is 0 Å². The van der Waals surface area contributed by atoms with E-state index < -0.39 is 0 Å². The Balaban J connectivity index is 1.97. The number of nitrogens with one attached hydrogen (secondary N) is 1. The number of fused-ring (bicyclic) bond motifs is 1. The van der Waals surface area contributed by atoms with E-state index in [2.05, 4.69) is 16.9 Å². The zero-order chi connectivity index (χ0) is 14.7. The SMILES string of the molecule is CCCOc1cccc(-c2nc3c(c(=O)[nH]2)COCC3)c1. The lowest BCUT2D eigenvalue weighted by molar-refractivity contribution is 0.108. The maximum atomic E-state index is 12.1. The molecule has 110 valence electrons. The summed E-state index contributed by atoms with van der Waals surface area (Å²) in [7, 11) is 0. The molecule has 2 heterocycles. The van der Waals surface area contributed by atoms with Crippen LogP contribution in [0, 0.1) is 0 Å². The summed E-state index contributed by atoms with van der Waals surface area (Å²) in [6.45, 7) is 3.70. The van der Waals surface area contributed by atoms with Crippen molar-refractivity contribution in [2.75, 3.05) is 13.2 Å². The zero-order valence-corrected chi connectivity index (χ0v) is 12.0. The summed E-state index contributed by atoms with van der Waals surface area (Å²) in [5.74, 6) is 1.38. The first kappa shape index (κ1) is 13.8. The molecule has 0 fully saturated rings. The molecule has 0 radical (unpaired) electrons. The molecule has 1 aliphatic rings. The Labute approximate surface area is 123 Å². The van der Waals surface area contributed by atoms with Gasteiger partial charge in [-0.3, -0.25) is 4.79 Å². The number of aromatic amines is 1. The van der Waals surface area contributed by atoms with Crippen LogP contribution in [0.4, 0.5) is 0 Å². The average molecular weight is 286 g/mol. The Morgan fingerprint density at radius 3 is 3.19 bits per heavy atom. The number of benzene rings is 1. The van der Waals surface area contributed by atoms with Crippen molar-refractivity contribution in [2.24, 2.45) is 0 Å². The van der Waals surface area contributed by atoms with Crippen LogP contribution in [-0.2, 0) is 17.8 Å². The number of rotatable bonds is 4. The summed E-state index contributed by atoms with van der Waals surface area (Å²) in [4.78, 5) is 19.5. The van der Waals surface area contributed by atoms with Crippen molar-refractivity contribution in [1.82, 2.24) is 9.97 Å². The van der Waals surface area contributed by atoms with Crippen molar-refractivity contribution in [2.45, 2.75) is 26.4 Å². The van der Waals surface area contributed by atoms with Gasteiger partial charge in [0, 0.05) is 12.0 Å². The van der Waals surface area contributed by atoms with E-state index in [-0.39, 0.29) is 5.56 Å². The summed E-state index contributed by atoms with van der Waals surface area (Å²) >= 11 is 0. The number of nitrogens with zero attached hydrogens (tertiary/aromatic N) is 1. The van der Waals surface area contributed by atoms with E-state index in [4.69, 9.17) is 9.47 Å². The lowest BCUT2D eigenvalue weighted by Gasteiger charge is -2.15. The maximum absolute atomic E-state index is 12.1. The molecule has 0 atom stereocenters. The first-order chi connectivity index (χ1) is 10.3. The number of H-pyrrole nitrogens is 1. The van der Waals surface area contributed by atoms with Crippen LogP contribution >= 0.6 is 0 Å². The van der Waals surface area contributed by atoms with Crippen LogP contribution in [-0.4, -0.2) is 23.2 Å². The molecule has 2 aromatic rings. The van der Waals surface area contributed by atoms with Gasteiger partial charge in [0.1, 0.15) is 11.6 Å². The molecule has 3 rings (SSSR count). The fourth-order valence-corrected chi connectivity index (χ4v) is 2.33. The van der Waals surface area contributed by atoms with E-state index in [1.165, 1.54) is 0 Å². The molecule has 5 nitrogen and oxygen atoms in total. The largest absolute Gasteiger partial charge is 0.494 e. The molecule has 0 amide bonds. The van der Waals surface area contributed by atoms with Crippen molar-refractivity contribution < 1.29 is 9.47 Å². The molecule has 1 N–H and O–H groups in total. The van der Waals surface area contributed by atoms with E-state index in [0.717, 1.165) is 23.4 Å². The lowest BCUT2D eigenvalue weighted by atomic mass is 10.1. The van der Waals surface area contributed by atoms with Crippen molar-refractivity contribution >= 4 is 0 Å². The topological polar surface area (TPSA) is 64.2 Å². The zero-order valence-electron chi connectivity index (χ0n) is 12.0. The van der Waals surface area contributed by atoms with Gasteiger partial charge < -0.3 is 14.5 Å². The molecule has 21 heavy (non-hydrogen) atoms. The first-order valence-electron chi connectivity index (χ1n) is 7.21. The van der Waals surface area contributed by atoms with Crippen molar-refractivity contribution in [1.29, 1.82) is 0 Å². The second kappa shape index (κ2) is 6.10. The van der Waals surface area contributed by atoms with Gasteiger partial charge >= 0.3 is 0 Å². The minimum atomic E-state index is -0.116. The Kier molecular flexibility index (Phi) is 4.01. The Bertz CT molecular complexity index is 694. The van der Waals surface area contributed by atoms with Gasteiger partial charge in [-0.1, -0.05) is 19.1 Å². The molecular weight excluding hydrogens is 268 g/mol. The van der Waals surface area contributed by atoms with E-state index in [9.17, 15) is 4.79 Å². The second-order valence-electron chi connectivity index (χ2n) is 5.02. The van der Waals surface area contributed by atoms with Crippen LogP contribution in [0.5, 0.6) is 5.75 Å². The summed E-state index contributed by atoms with van der Waals surface area (Å²) in [6, 6.07) is 7.63. The quantitative estimate of drug-likeness (QED) is 0.936. The molecule has 0 unspecified atom stereocenters. The molecule has 0 spiro atoms. The van der Waals surface area contributed by atoms with E-state index in [0.29, 0.717) is 37.6 Å². The summed E-state index contributed by atoms with van der Waals surface area (Å²) < 4.78 is 10.9. The summed E-state index contributed by atoms with van der Waals surface area (Å²) in [5, 5.41) is 0. The minimum absolute atomic E-state index is 0.116. The minimum Gasteiger partial charge on any atom is -0.494 e. The highest BCUT2D eigenvalue weighted by Gasteiger charge is 2.16. The van der Waals surface area contributed by atoms with E-state index in [1.54, 1.807) is 0 Å². The highest BCUT2D eigenvalue weighted by molar-refractivity contribution is 5.57. The molecule has 0 saturated heterocycles. The fraction of sp³-hybridized carbons (Fsp3) is 0.375. The number of aromatic nitrogens is 2. The number of hydrogen-bond acceptors (Lipinski definition) is 4. The molecule has 1 aromatic carbocycles. The van der Waals surface area contributed by atoms with E-state index in [1.807, 2.05) is 24.3 Å². The molecule has 0 aliphatic carbocycles. The number of ether oxygens (including phenoxy) is 2. The lowest BCUT2D eigenvalue weighted by Crippen LogP contribution is -2.24. The molecule has 0 saturated carbocycles. The van der Waals surface area contributed by atoms with Crippen molar-refractivity contribution in [3.05, 3.63) is 45.9 Å². The van der Waals surface area contributed by atoms with Gasteiger partial charge in [0.15, 0.2) is 0 Å². The molecule has 1 aliphatic heterocycles. The van der Waals surface area contributed by atoms with Crippen LogP contribution < -0.4 is 10.3 Å². The summed E-state index contributed by atoms with van der Waals surface area (Å²) in [5.41, 5.74) is 2.22. The van der Waals surface area contributed by atoms with Crippen LogP contribution in [0.1, 0.15) is 24.6 Å². The van der Waals surface area contributed by atoms with Gasteiger partial charge in [0.05, 0.1) is 31.1 Å². The van der Waals surface area contributed by atoms with Gasteiger partial charge in [-0.25, -0.2) is 4.98 Å². The smallest absolute Gasteiger partial charge is 0.256 e. The Hall–Kier alpha value is -2.14. The third-order valence-electron chi connectivity index (χ3n) is 3.41. The van der Waals surface area contributed by atoms with Gasteiger partial charge in [0.25, 0.3) is 5.56 Å². The Morgan fingerprint density at radius 2 is 2.33 bits per heavy atom. The molecule has 5 heteroatoms. The highest BCUT2D eigenvalue weighted by Crippen LogP contribution is 2.22. The first-order valence-corrected chi connectivity index (χ1v) is 7.21. The normalized spacial score (nSPS) is 13.8. The third-order valence-corrected chi connectivity index (χ3v) is 3.41. The third kappa shape index (κ3) is 2.97. The van der Waals surface area contributed by atoms with Gasteiger partial charge in [0.2, 0.25) is 0 Å². The average Bonchev–Trinajstić information content (AvgIpc) is 2.53. The van der Waals surface area contributed by atoms with Crippen LogP contribution in [0.2, 0.25) is 0 Å². The predicted octanol–water partition coefficient (Wildman–Crippen LogP) is 2.30. The highest BCUT2D eigenvalue weighted by atomic mass is 16.5. The molecule has 0 bridgehead atoms. The van der Waals surface area contributed by atoms with Crippen LogP contribution in [0.25, 0.3) is 11.4 Å². The monoisotopic (exact) mass is 286 g/mol.